The lowest BCUT2D eigenvalue weighted by molar-refractivity contribution is 0.0867. The number of nitrogens with one attached hydrogen (secondary N) is 1. The molecule has 2 nitrogen and oxygen atoms in total. The van der Waals surface area contributed by atoms with Crippen LogP contribution in [0.5, 0.6) is 0 Å². The molecule has 0 aromatic heterocycles. The summed E-state index contributed by atoms with van der Waals surface area (Å²) in [6.45, 7) is 0.842. The Balaban J connectivity index is 1.69. The summed E-state index contributed by atoms with van der Waals surface area (Å²) in [6, 6.07) is 18.3. The highest BCUT2D eigenvalue weighted by Crippen LogP contribution is 2.53. The molecular weight excluding hydrogens is 395 g/mol. The average Bonchev–Trinajstić information content (AvgIpc) is 2.68. The molecule has 1 N–H and O–H groups in total. The van der Waals surface area contributed by atoms with E-state index in [-0.39, 0.29) is 10.9 Å². The quantitative estimate of drug-likeness (QED) is 0.433. The summed E-state index contributed by atoms with van der Waals surface area (Å²) in [5.41, 5.74) is 2.14. The molecule has 1 saturated carbocycles. The molecule has 142 valence electrons. The molecule has 5 heteroatoms. The molecule has 2 fully saturated rings. The highest BCUT2D eigenvalue weighted by molar-refractivity contribution is 7.80. The smallest absolute Gasteiger partial charge is 0.173 e. The Labute approximate surface area is 176 Å². The van der Waals surface area contributed by atoms with Crippen LogP contribution in [0.15, 0.2) is 54.6 Å². The van der Waals surface area contributed by atoms with Gasteiger partial charge in [0.15, 0.2) is 5.11 Å². The highest BCUT2D eigenvalue weighted by atomic mass is 35.5. The van der Waals surface area contributed by atoms with Gasteiger partial charge in [-0.05, 0) is 55.2 Å². The largest absolute Gasteiger partial charge is 0.342 e. The summed E-state index contributed by atoms with van der Waals surface area (Å²) in [7, 11) is 0. The number of fused-ring (bicyclic) bond motifs is 1. The van der Waals surface area contributed by atoms with Crippen molar-refractivity contribution in [2.75, 3.05) is 11.9 Å². The van der Waals surface area contributed by atoms with Crippen LogP contribution < -0.4 is 5.32 Å². The number of halogens is 2. The molecule has 27 heavy (non-hydrogen) atoms. The average molecular weight is 419 g/mol. The Morgan fingerprint density at radius 2 is 1.78 bits per heavy atom. The van der Waals surface area contributed by atoms with Gasteiger partial charge in [-0.2, -0.15) is 0 Å². The van der Waals surface area contributed by atoms with Gasteiger partial charge in [0.1, 0.15) is 0 Å². The van der Waals surface area contributed by atoms with E-state index in [1.54, 1.807) is 0 Å². The zero-order chi connectivity index (χ0) is 18.9. The molecule has 1 saturated heterocycles. The van der Waals surface area contributed by atoms with Gasteiger partial charge in [0, 0.05) is 23.2 Å². The summed E-state index contributed by atoms with van der Waals surface area (Å²) in [5, 5.41) is 4.95. The van der Waals surface area contributed by atoms with Gasteiger partial charge in [-0.1, -0.05) is 60.8 Å². The lowest BCUT2D eigenvalue weighted by atomic mass is 9.68. The van der Waals surface area contributed by atoms with E-state index < -0.39 is 0 Å². The van der Waals surface area contributed by atoms with Gasteiger partial charge in [-0.3, -0.25) is 0 Å². The van der Waals surface area contributed by atoms with Crippen molar-refractivity contribution in [1.82, 2.24) is 4.90 Å². The van der Waals surface area contributed by atoms with Gasteiger partial charge in [-0.15, -0.1) is 11.6 Å². The van der Waals surface area contributed by atoms with Crippen molar-refractivity contribution in [1.29, 1.82) is 0 Å². The Hall–Kier alpha value is -1.29. The van der Waals surface area contributed by atoms with Gasteiger partial charge in [0.2, 0.25) is 0 Å². The standard InChI is InChI=1S/C22H24Cl2N2S/c23-19-12-5-4-10-17(19)20-18-11-6-7-13-22(18,24)14-15-26(20)21(27)25-16-8-2-1-3-9-16/h1-5,8-10,12,18,20H,6-7,11,13-15H2,(H,25,27). The number of benzene rings is 2. The van der Waals surface area contributed by atoms with Crippen molar-refractivity contribution in [3.8, 4) is 0 Å². The molecule has 3 unspecified atom stereocenters. The number of alkyl halides is 1. The number of nitrogens with zero attached hydrogens (tertiary/aromatic N) is 1. The second-order valence-electron chi connectivity index (χ2n) is 7.59. The van der Waals surface area contributed by atoms with Crippen LogP contribution in [0.3, 0.4) is 0 Å². The highest BCUT2D eigenvalue weighted by Gasteiger charge is 2.50. The predicted molar refractivity (Wildman–Crippen MR) is 119 cm³/mol. The molecule has 3 atom stereocenters. The fourth-order valence-electron chi connectivity index (χ4n) is 4.69. The number of anilines is 1. The number of hydrogen-bond acceptors (Lipinski definition) is 1. The van der Waals surface area contributed by atoms with E-state index in [1.807, 2.05) is 42.5 Å². The summed E-state index contributed by atoms with van der Waals surface area (Å²) in [5.74, 6) is 0.345. The van der Waals surface area contributed by atoms with Crippen molar-refractivity contribution < 1.29 is 0 Å². The van der Waals surface area contributed by atoms with Crippen molar-refractivity contribution >= 4 is 46.2 Å². The van der Waals surface area contributed by atoms with Crippen LogP contribution in [0.2, 0.25) is 5.02 Å². The summed E-state index contributed by atoms with van der Waals surface area (Å²) in [4.78, 5) is 2.15. The van der Waals surface area contributed by atoms with E-state index in [4.69, 9.17) is 35.4 Å². The van der Waals surface area contributed by atoms with Crippen LogP contribution in [0.25, 0.3) is 0 Å². The number of hydrogen-bond donors (Lipinski definition) is 1. The second kappa shape index (κ2) is 7.98. The lowest BCUT2D eigenvalue weighted by Gasteiger charge is -2.53. The third-order valence-electron chi connectivity index (χ3n) is 6.02. The zero-order valence-electron chi connectivity index (χ0n) is 15.2. The number of likely N-dealkylation sites (tertiary alicyclic amines) is 1. The molecule has 0 amide bonds. The van der Waals surface area contributed by atoms with Gasteiger partial charge < -0.3 is 10.2 Å². The molecule has 1 aliphatic carbocycles. The first-order valence-electron chi connectivity index (χ1n) is 9.64. The van der Waals surface area contributed by atoms with Crippen LogP contribution >= 0.6 is 35.4 Å². The zero-order valence-corrected chi connectivity index (χ0v) is 17.5. The molecule has 2 aromatic rings. The Kier molecular flexibility index (Phi) is 5.63. The first-order chi connectivity index (χ1) is 13.1. The van der Waals surface area contributed by atoms with Crippen LogP contribution in [0.4, 0.5) is 5.69 Å². The van der Waals surface area contributed by atoms with E-state index in [0.717, 1.165) is 47.2 Å². The number of thiocarbonyl (C=S) groups is 1. The second-order valence-corrected chi connectivity index (χ2v) is 9.14. The third kappa shape index (κ3) is 3.83. The Morgan fingerprint density at radius 1 is 1.04 bits per heavy atom. The van der Waals surface area contributed by atoms with Gasteiger partial charge in [-0.25, -0.2) is 0 Å². The van der Waals surface area contributed by atoms with Crippen molar-refractivity contribution in [2.45, 2.75) is 43.0 Å². The molecule has 0 spiro atoms. The minimum atomic E-state index is -0.152. The molecule has 2 aromatic carbocycles. The molecule has 0 radical (unpaired) electrons. The van der Waals surface area contributed by atoms with E-state index in [2.05, 4.69) is 22.3 Å². The molecule has 1 aliphatic heterocycles. The number of piperidine rings is 1. The fourth-order valence-corrected chi connectivity index (χ4v) is 5.70. The van der Waals surface area contributed by atoms with E-state index in [0.29, 0.717) is 5.92 Å². The van der Waals surface area contributed by atoms with Gasteiger partial charge in [0.05, 0.1) is 10.9 Å². The maximum atomic E-state index is 7.17. The number of rotatable bonds is 2. The minimum absolute atomic E-state index is 0.106. The molecule has 2 aliphatic rings. The van der Waals surface area contributed by atoms with Crippen LogP contribution in [-0.4, -0.2) is 21.4 Å². The minimum Gasteiger partial charge on any atom is -0.342 e. The fraction of sp³-hybridized carbons (Fsp3) is 0.409. The molecule has 1 heterocycles. The topological polar surface area (TPSA) is 15.3 Å². The maximum Gasteiger partial charge on any atom is 0.173 e. The predicted octanol–water partition coefficient (Wildman–Crippen LogP) is 6.65. The number of para-hydroxylation sites is 1. The molecule has 0 bridgehead atoms. The first-order valence-corrected chi connectivity index (χ1v) is 10.8. The van der Waals surface area contributed by atoms with Crippen molar-refractivity contribution in [2.24, 2.45) is 5.92 Å². The normalized spacial score (nSPS) is 27.7. The maximum absolute atomic E-state index is 7.17. The SMILES string of the molecule is S=C(Nc1ccccc1)N1CCC2(Cl)CCCCC2C1c1ccccc1Cl. The van der Waals surface area contributed by atoms with Crippen molar-refractivity contribution in [3.63, 3.8) is 0 Å². The van der Waals surface area contributed by atoms with E-state index in [9.17, 15) is 0 Å². The monoisotopic (exact) mass is 418 g/mol. The van der Waals surface area contributed by atoms with Crippen LogP contribution in [0.1, 0.15) is 43.7 Å². The third-order valence-corrected chi connectivity index (χ3v) is 7.36. The Bertz CT molecular complexity index is 813. The summed E-state index contributed by atoms with van der Waals surface area (Å²) in [6.07, 6.45) is 5.57. The van der Waals surface area contributed by atoms with Gasteiger partial charge >= 0.3 is 0 Å². The van der Waals surface area contributed by atoms with Gasteiger partial charge in [0.25, 0.3) is 0 Å². The van der Waals surface area contributed by atoms with Crippen molar-refractivity contribution in [3.05, 3.63) is 65.2 Å². The first kappa shape index (κ1) is 19.0. The Morgan fingerprint density at radius 3 is 2.56 bits per heavy atom. The molecule has 4 rings (SSSR count). The molecular formula is C22H24Cl2N2S. The summed E-state index contributed by atoms with van der Waals surface area (Å²) >= 11 is 19.6. The summed E-state index contributed by atoms with van der Waals surface area (Å²) < 4.78 is 0. The van der Waals surface area contributed by atoms with Crippen LogP contribution in [-0.2, 0) is 0 Å². The van der Waals surface area contributed by atoms with E-state index >= 15 is 0 Å². The lowest BCUT2D eigenvalue weighted by Crippen LogP contribution is -2.54. The van der Waals surface area contributed by atoms with E-state index in [1.165, 1.54) is 12.8 Å². The van der Waals surface area contributed by atoms with Crippen LogP contribution in [0, 0.1) is 5.92 Å².